The molecule has 3 nitrogen and oxygen atoms in total. The zero-order valence-electron chi connectivity index (χ0n) is 9.35. The van der Waals surface area contributed by atoms with E-state index in [0.717, 1.165) is 17.8 Å². The summed E-state index contributed by atoms with van der Waals surface area (Å²) in [4.78, 5) is 7.46. The van der Waals surface area contributed by atoms with Gasteiger partial charge in [0.2, 0.25) is 0 Å². The van der Waals surface area contributed by atoms with Gasteiger partial charge in [0.1, 0.15) is 0 Å². The molecule has 84 valence electrons. The molecule has 0 aromatic carbocycles. The summed E-state index contributed by atoms with van der Waals surface area (Å²) in [5.74, 6) is 0.0681. The molecule has 1 unspecified atom stereocenters. The lowest BCUT2D eigenvalue weighted by molar-refractivity contribution is 0.261. The number of pyridine rings is 1. The first-order chi connectivity index (χ1) is 7.79. The molecule has 0 amide bonds. The van der Waals surface area contributed by atoms with Crippen molar-refractivity contribution in [2.75, 3.05) is 6.61 Å². The standard InChI is InChI=1S/C13H16N2O/c1-10-4-6-15-13(7-10)11(9-16)8-12-3-2-5-14-12/h2-7,11,14,16H,8-9H2,1H3. The smallest absolute Gasteiger partial charge is 0.0518 e. The van der Waals surface area contributed by atoms with Crippen molar-refractivity contribution in [1.29, 1.82) is 0 Å². The van der Waals surface area contributed by atoms with Crippen LogP contribution < -0.4 is 0 Å². The maximum Gasteiger partial charge on any atom is 0.0518 e. The zero-order valence-corrected chi connectivity index (χ0v) is 9.35. The quantitative estimate of drug-likeness (QED) is 0.821. The number of nitrogens with zero attached hydrogens (tertiary/aromatic N) is 1. The molecule has 0 aliphatic rings. The molecule has 0 fully saturated rings. The molecule has 2 rings (SSSR count). The van der Waals surface area contributed by atoms with Crippen molar-refractivity contribution in [2.24, 2.45) is 0 Å². The number of H-pyrrole nitrogens is 1. The molecule has 0 bridgehead atoms. The van der Waals surface area contributed by atoms with Crippen molar-refractivity contribution in [1.82, 2.24) is 9.97 Å². The fourth-order valence-corrected chi connectivity index (χ4v) is 1.81. The van der Waals surface area contributed by atoms with Crippen molar-refractivity contribution in [2.45, 2.75) is 19.3 Å². The Morgan fingerprint density at radius 3 is 2.94 bits per heavy atom. The third-order valence-electron chi connectivity index (χ3n) is 2.70. The number of hydrogen-bond acceptors (Lipinski definition) is 2. The molecular weight excluding hydrogens is 200 g/mol. The van der Waals surface area contributed by atoms with Gasteiger partial charge in [0.05, 0.1) is 6.61 Å². The highest BCUT2D eigenvalue weighted by Gasteiger charge is 2.13. The summed E-state index contributed by atoms with van der Waals surface area (Å²) >= 11 is 0. The van der Waals surface area contributed by atoms with Crippen LogP contribution in [0.25, 0.3) is 0 Å². The molecule has 0 saturated heterocycles. The van der Waals surface area contributed by atoms with Crippen molar-refractivity contribution in [3.63, 3.8) is 0 Å². The van der Waals surface area contributed by atoms with Crippen LogP contribution in [0, 0.1) is 6.92 Å². The summed E-state index contributed by atoms with van der Waals surface area (Å²) in [6.45, 7) is 2.16. The summed E-state index contributed by atoms with van der Waals surface area (Å²) in [6, 6.07) is 7.99. The van der Waals surface area contributed by atoms with E-state index in [9.17, 15) is 5.11 Å². The maximum absolute atomic E-state index is 9.42. The average molecular weight is 216 g/mol. The third kappa shape index (κ3) is 2.49. The van der Waals surface area contributed by atoms with Gasteiger partial charge in [0, 0.05) is 29.7 Å². The summed E-state index contributed by atoms with van der Waals surface area (Å²) in [7, 11) is 0. The Labute approximate surface area is 95.2 Å². The first-order valence-electron chi connectivity index (χ1n) is 5.45. The van der Waals surface area contributed by atoms with Gasteiger partial charge in [-0.05, 0) is 43.2 Å². The van der Waals surface area contributed by atoms with Crippen LogP contribution in [-0.2, 0) is 6.42 Å². The number of aliphatic hydroxyl groups is 1. The van der Waals surface area contributed by atoms with Crippen LogP contribution in [0.2, 0.25) is 0 Å². The fourth-order valence-electron chi connectivity index (χ4n) is 1.81. The van der Waals surface area contributed by atoms with Crippen molar-refractivity contribution in [3.8, 4) is 0 Å². The SMILES string of the molecule is Cc1ccnc(C(CO)Cc2ccc[nH]2)c1. The number of aromatic amines is 1. The van der Waals surface area contributed by atoms with Crippen molar-refractivity contribution >= 4 is 0 Å². The van der Waals surface area contributed by atoms with E-state index in [2.05, 4.69) is 9.97 Å². The van der Waals surface area contributed by atoms with Gasteiger partial charge in [-0.3, -0.25) is 4.98 Å². The summed E-state index contributed by atoms with van der Waals surface area (Å²) in [5, 5.41) is 9.42. The van der Waals surface area contributed by atoms with Gasteiger partial charge in [-0.25, -0.2) is 0 Å². The van der Waals surface area contributed by atoms with E-state index >= 15 is 0 Å². The molecule has 3 heteroatoms. The minimum absolute atomic E-state index is 0.0681. The molecule has 0 saturated carbocycles. The average Bonchev–Trinajstić information content (AvgIpc) is 2.78. The molecule has 0 radical (unpaired) electrons. The van der Waals surface area contributed by atoms with Crippen LogP contribution in [0.1, 0.15) is 22.9 Å². The second kappa shape index (κ2) is 4.94. The molecule has 0 aliphatic carbocycles. The van der Waals surface area contributed by atoms with Gasteiger partial charge >= 0.3 is 0 Å². The number of aryl methyl sites for hydroxylation is 1. The van der Waals surface area contributed by atoms with Crippen molar-refractivity contribution < 1.29 is 5.11 Å². The minimum atomic E-state index is 0.0681. The maximum atomic E-state index is 9.42. The van der Waals surface area contributed by atoms with Gasteiger partial charge in [0.25, 0.3) is 0 Å². The Morgan fingerprint density at radius 1 is 1.44 bits per heavy atom. The van der Waals surface area contributed by atoms with Gasteiger partial charge in [0.15, 0.2) is 0 Å². The number of aliphatic hydroxyl groups excluding tert-OH is 1. The first-order valence-corrected chi connectivity index (χ1v) is 5.45. The molecule has 2 aromatic rings. The number of nitrogens with one attached hydrogen (secondary N) is 1. The predicted octanol–water partition coefficient (Wildman–Crippen LogP) is 2.04. The molecule has 2 N–H and O–H groups in total. The topological polar surface area (TPSA) is 48.9 Å². The molecular formula is C13H16N2O. The van der Waals surface area contributed by atoms with E-state index in [0.29, 0.717) is 0 Å². The number of rotatable bonds is 4. The van der Waals surface area contributed by atoms with E-state index in [1.165, 1.54) is 5.56 Å². The van der Waals surface area contributed by atoms with E-state index < -0.39 is 0 Å². The summed E-state index contributed by atoms with van der Waals surface area (Å²) in [5.41, 5.74) is 3.26. The fraction of sp³-hybridized carbons (Fsp3) is 0.308. The summed E-state index contributed by atoms with van der Waals surface area (Å²) in [6.07, 6.45) is 4.48. The Kier molecular flexibility index (Phi) is 3.37. The van der Waals surface area contributed by atoms with Crippen LogP contribution in [-0.4, -0.2) is 21.7 Å². The third-order valence-corrected chi connectivity index (χ3v) is 2.70. The molecule has 0 spiro atoms. The molecule has 2 heterocycles. The molecule has 16 heavy (non-hydrogen) atoms. The second-order valence-electron chi connectivity index (χ2n) is 4.04. The normalized spacial score (nSPS) is 12.6. The van der Waals surface area contributed by atoms with Gasteiger partial charge in [-0.1, -0.05) is 0 Å². The van der Waals surface area contributed by atoms with E-state index in [1.54, 1.807) is 6.20 Å². The molecule has 1 atom stereocenters. The van der Waals surface area contributed by atoms with Gasteiger partial charge in [-0.15, -0.1) is 0 Å². The van der Waals surface area contributed by atoms with E-state index in [-0.39, 0.29) is 12.5 Å². The van der Waals surface area contributed by atoms with Crippen LogP contribution in [0.15, 0.2) is 36.7 Å². The van der Waals surface area contributed by atoms with Gasteiger partial charge < -0.3 is 10.1 Å². The lowest BCUT2D eigenvalue weighted by atomic mass is 9.99. The lowest BCUT2D eigenvalue weighted by Crippen LogP contribution is -2.10. The Balaban J connectivity index is 2.16. The zero-order chi connectivity index (χ0) is 11.4. The van der Waals surface area contributed by atoms with Crippen LogP contribution in [0.4, 0.5) is 0 Å². The largest absolute Gasteiger partial charge is 0.396 e. The summed E-state index contributed by atoms with van der Waals surface area (Å²) < 4.78 is 0. The molecule has 2 aromatic heterocycles. The Hall–Kier alpha value is -1.61. The molecule has 0 aliphatic heterocycles. The van der Waals surface area contributed by atoms with Crippen LogP contribution in [0.3, 0.4) is 0 Å². The lowest BCUT2D eigenvalue weighted by Gasteiger charge is -2.13. The highest BCUT2D eigenvalue weighted by atomic mass is 16.3. The van der Waals surface area contributed by atoms with E-state index in [1.807, 2.05) is 37.4 Å². The number of hydrogen-bond donors (Lipinski definition) is 2. The predicted molar refractivity (Wildman–Crippen MR) is 63.3 cm³/mol. The highest BCUT2D eigenvalue weighted by Crippen LogP contribution is 2.18. The Bertz CT molecular complexity index is 437. The van der Waals surface area contributed by atoms with Crippen molar-refractivity contribution in [3.05, 3.63) is 53.6 Å². The first kappa shape index (κ1) is 10.9. The second-order valence-corrected chi connectivity index (χ2v) is 4.04. The monoisotopic (exact) mass is 216 g/mol. The van der Waals surface area contributed by atoms with Gasteiger partial charge in [-0.2, -0.15) is 0 Å². The van der Waals surface area contributed by atoms with E-state index in [4.69, 9.17) is 0 Å². The van der Waals surface area contributed by atoms with Crippen LogP contribution in [0.5, 0.6) is 0 Å². The van der Waals surface area contributed by atoms with Crippen LogP contribution >= 0.6 is 0 Å². The highest BCUT2D eigenvalue weighted by molar-refractivity contribution is 5.20. The number of aromatic nitrogens is 2. The minimum Gasteiger partial charge on any atom is -0.396 e. The Morgan fingerprint density at radius 2 is 2.31 bits per heavy atom.